The van der Waals surface area contributed by atoms with E-state index < -0.39 is 22.6 Å². The summed E-state index contributed by atoms with van der Waals surface area (Å²) < 4.78 is 38.2. The number of non-ortho nitro benzene ring substituents is 1. The molecule has 1 saturated heterocycles. The van der Waals surface area contributed by atoms with E-state index in [9.17, 15) is 28.1 Å². The number of nitro benzene ring substituents is 1. The van der Waals surface area contributed by atoms with Crippen molar-refractivity contribution in [2.75, 3.05) is 23.3 Å². The molecule has 1 aliphatic rings. The zero-order valence-electron chi connectivity index (χ0n) is 18.4. The highest BCUT2D eigenvalue weighted by Gasteiger charge is 2.30. The predicted molar refractivity (Wildman–Crippen MR) is 122 cm³/mol. The number of nitrogens with zero attached hydrogens (tertiary/aromatic N) is 4. The number of alkyl halides is 3. The maximum Gasteiger partial charge on any atom is 0.416 e. The highest BCUT2D eigenvalue weighted by Crippen LogP contribution is 2.29. The van der Waals surface area contributed by atoms with Crippen LogP contribution in [0.3, 0.4) is 0 Å². The van der Waals surface area contributed by atoms with Crippen molar-refractivity contribution in [1.82, 2.24) is 15.3 Å². The molecule has 1 amide bonds. The number of hydrogen-bond donors (Lipinski definition) is 2. The quantitative estimate of drug-likeness (QED) is 0.368. The Labute approximate surface area is 198 Å². The third kappa shape index (κ3) is 5.83. The molecule has 0 saturated carbocycles. The van der Waals surface area contributed by atoms with E-state index in [-0.39, 0.29) is 23.7 Å². The molecule has 2 N–H and O–H groups in total. The summed E-state index contributed by atoms with van der Waals surface area (Å²) in [4.78, 5) is 33.9. The number of nitro groups is 1. The van der Waals surface area contributed by atoms with Crippen LogP contribution in [0.4, 0.5) is 36.3 Å². The summed E-state index contributed by atoms with van der Waals surface area (Å²) in [6.45, 7) is 1.47. The number of carbonyl (C=O) groups excluding carboxylic acids is 1. The average molecular weight is 486 g/mol. The van der Waals surface area contributed by atoms with Gasteiger partial charge in [-0.1, -0.05) is 12.1 Å². The zero-order valence-corrected chi connectivity index (χ0v) is 18.4. The van der Waals surface area contributed by atoms with Gasteiger partial charge in [-0.3, -0.25) is 14.9 Å². The summed E-state index contributed by atoms with van der Waals surface area (Å²) >= 11 is 0. The number of hydrogen-bond acceptors (Lipinski definition) is 7. The second kappa shape index (κ2) is 9.95. The number of nitrogens with one attached hydrogen (secondary N) is 2. The van der Waals surface area contributed by atoms with E-state index in [1.54, 1.807) is 0 Å². The van der Waals surface area contributed by atoms with Gasteiger partial charge in [0.15, 0.2) is 0 Å². The van der Waals surface area contributed by atoms with Crippen LogP contribution >= 0.6 is 0 Å². The zero-order chi connectivity index (χ0) is 25.0. The van der Waals surface area contributed by atoms with Gasteiger partial charge in [0.2, 0.25) is 5.95 Å². The van der Waals surface area contributed by atoms with Gasteiger partial charge >= 0.3 is 6.18 Å². The molecule has 0 unspecified atom stereocenters. The summed E-state index contributed by atoms with van der Waals surface area (Å²) in [5.41, 5.74) is 0.504. The van der Waals surface area contributed by atoms with Crippen LogP contribution in [0.5, 0.6) is 0 Å². The van der Waals surface area contributed by atoms with Crippen molar-refractivity contribution < 1.29 is 22.9 Å². The normalized spacial score (nSPS) is 13.5. The van der Waals surface area contributed by atoms with Gasteiger partial charge in [-0.05, 0) is 42.7 Å². The van der Waals surface area contributed by atoms with E-state index in [1.165, 1.54) is 42.6 Å². The van der Waals surface area contributed by atoms with E-state index in [0.29, 0.717) is 30.2 Å². The molecular weight excluding hydrogens is 465 g/mol. The molecule has 9 nitrogen and oxygen atoms in total. The topological polar surface area (TPSA) is 113 Å². The molecule has 0 atom stereocenters. The Morgan fingerprint density at radius 3 is 2.31 bits per heavy atom. The first kappa shape index (κ1) is 23.9. The van der Waals surface area contributed by atoms with Crippen LogP contribution in [0.25, 0.3) is 0 Å². The highest BCUT2D eigenvalue weighted by molar-refractivity contribution is 5.98. The molecule has 0 aliphatic carbocycles. The fourth-order valence-corrected chi connectivity index (χ4v) is 3.65. The molecular formula is C23H21F3N6O3. The highest BCUT2D eigenvalue weighted by atomic mass is 19.4. The minimum Gasteiger partial charge on any atom is -0.356 e. The molecule has 1 aromatic heterocycles. The standard InChI is InChI=1S/C23H21F3N6O3/c24-23(25,26)16-5-3-15(4-6-16)13-27-21(33)19-14-28-22(30-20(19)31-11-1-2-12-31)29-17-7-9-18(10-8-17)32(34)35/h3-10,14H,1-2,11-13H2,(H,27,33)(H,28,29,30). The van der Waals surface area contributed by atoms with Gasteiger partial charge in [0.05, 0.1) is 10.5 Å². The first-order valence-corrected chi connectivity index (χ1v) is 10.8. The Kier molecular flexibility index (Phi) is 6.80. The van der Waals surface area contributed by atoms with Gasteiger partial charge in [0.1, 0.15) is 11.4 Å². The van der Waals surface area contributed by atoms with Gasteiger partial charge in [0.25, 0.3) is 11.6 Å². The molecule has 0 radical (unpaired) electrons. The Morgan fingerprint density at radius 2 is 1.71 bits per heavy atom. The first-order chi connectivity index (χ1) is 16.7. The number of halogens is 3. The van der Waals surface area contributed by atoms with Crippen LogP contribution in [-0.2, 0) is 12.7 Å². The Hall–Kier alpha value is -4.22. The van der Waals surface area contributed by atoms with Gasteiger partial charge in [-0.25, -0.2) is 4.98 Å². The van der Waals surface area contributed by atoms with Gasteiger partial charge in [0, 0.05) is 43.7 Å². The van der Waals surface area contributed by atoms with E-state index >= 15 is 0 Å². The summed E-state index contributed by atoms with van der Waals surface area (Å²) in [6, 6.07) is 10.3. The van der Waals surface area contributed by atoms with Crippen molar-refractivity contribution in [3.63, 3.8) is 0 Å². The summed E-state index contributed by atoms with van der Waals surface area (Å²) in [5, 5.41) is 16.5. The second-order valence-electron chi connectivity index (χ2n) is 7.93. The van der Waals surface area contributed by atoms with Crippen LogP contribution in [-0.4, -0.2) is 33.9 Å². The van der Waals surface area contributed by atoms with E-state index in [1.807, 2.05) is 4.90 Å². The molecule has 0 bridgehead atoms. The number of benzene rings is 2. The predicted octanol–water partition coefficient (Wildman–Crippen LogP) is 4.68. The number of aromatic nitrogens is 2. The molecule has 12 heteroatoms. The second-order valence-corrected chi connectivity index (χ2v) is 7.93. The molecule has 0 spiro atoms. The lowest BCUT2D eigenvalue weighted by Crippen LogP contribution is -2.28. The molecule has 1 fully saturated rings. The fourth-order valence-electron chi connectivity index (χ4n) is 3.65. The molecule has 182 valence electrons. The molecule has 2 aromatic carbocycles. The van der Waals surface area contributed by atoms with Crippen molar-refractivity contribution in [2.45, 2.75) is 25.6 Å². The van der Waals surface area contributed by atoms with Crippen LogP contribution in [0, 0.1) is 10.1 Å². The van der Waals surface area contributed by atoms with E-state index in [4.69, 9.17) is 0 Å². The molecule has 2 heterocycles. The minimum absolute atomic E-state index is 0.0409. The lowest BCUT2D eigenvalue weighted by Gasteiger charge is -2.20. The molecule has 1 aliphatic heterocycles. The number of amides is 1. The van der Waals surface area contributed by atoms with Crippen molar-refractivity contribution >= 4 is 29.0 Å². The Bertz CT molecular complexity index is 1210. The van der Waals surface area contributed by atoms with Crippen molar-refractivity contribution in [3.8, 4) is 0 Å². The van der Waals surface area contributed by atoms with Crippen LogP contribution in [0.15, 0.2) is 54.7 Å². The van der Waals surface area contributed by atoms with E-state index in [2.05, 4.69) is 20.6 Å². The Balaban J connectivity index is 1.50. The molecule has 35 heavy (non-hydrogen) atoms. The fraction of sp³-hybridized carbons (Fsp3) is 0.261. The summed E-state index contributed by atoms with van der Waals surface area (Å²) in [7, 11) is 0. The van der Waals surface area contributed by atoms with Gasteiger partial charge in [-0.15, -0.1) is 0 Å². The van der Waals surface area contributed by atoms with Crippen molar-refractivity contribution in [2.24, 2.45) is 0 Å². The largest absolute Gasteiger partial charge is 0.416 e. The molecule has 3 aromatic rings. The van der Waals surface area contributed by atoms with Crippen LogP contribution < -0.4 is 15.5 Å². The lowest BCUT2D eigenvalue weighted by atomic mass is 10.1. The smallest absolute Gasteiger partial charge is 0.356 e. The number of rotatable bonds is 7. The van der Waals surface area contributed by atoms with E-state index in [0.717, 1.165) is 25.0 Å². The maximum absolute atomic E-state index is 12.9. The maximum atomic E-state index is 12.9. The summed E-state index contributed by atoms with van der Waals surface area (Å²) in [6.07, 6.45) is -1.14. The lowest BCUT2D eigenvalue weighted by molar-refractivity contribution is -0.384. The third-order valence-corrected chi connectivity index (χ3v) is 5.49. The third-order valence-electron chi connectivity index (χ3n) is 5.49. The van der Waals surface area contributed by atoms with Crippen molar-refractivity contribution in [3.05, 3.63) is 81.5 Å². The summed E-state index contributed by atoms with van der Waals surface area (Å²) in [5.74, 6) is 0.209. The number of anilines is 3. The number of carbonyl (C=O) groups is 1. The molecule has 4 rings (SSSR count). The Morgan fingerprint density at radius 1 is 1.06 bits per heavy atom. The minimum atomic E-state index is -4.42. The van der Waals surface area contributed by atoms with Crippen LogP contribution in [0.1, 0.15) is 34.3 Å². The average Bonchev–Trinajstić information content (AvgIpc) is 3.37. The van der Waals surface area contributed by atoms with Crippen LogP contribution in [0.2, 0.25) is 0 Å². The SMILES string of the molecule is O=C(NCc1ccc(C(F)(F)F)cc1)c1cnc(Nc2ccc([N+](=O)[O-])cc2)nc1N1CCCC1. The van der Waals surface area contributed by atoms with Crippen molar-refractivity contribution in [1.29, 1.82) is 0 Å². The first-order valence-electron chi connectivity index (χ1n) is 10.8. The van der Waals surface area contributed by atoms with Gasteiger partial charge in [-0.2, -0.15) is 18.2 Å². The monoisotopic (exact) mass is 486 g/mol. The van der Waals surface area contributed by atoms with Gasteiger partial charge < -0.3 is 15.5 Å².